The van der Waals surface area contributed by atoms with E-state index in [0.29, 0.717) is 11.6 Å². The van der Waals surface area contributed by atoms with Gasteiger partial charge in [-0.1, -0.05) is 12.1 Å². The van der Waals surface area contributed by atoms with Gasteiger partial charge in [0.1, 0.15) is 5.82 Å². The Hall–Kier alpha value is -1.81. The van der Waals surface area contributed by atoms with Crippen molar-refractivity contribution in [3.05, 3.63) is 54.1 Å². The smallest absolute Gasteiger partial charge is 0.146 e. The Morgan fingerprint density at radius 3 is 2.33 bits per heavy atom. The Balaban J connectivity index is 1.72. The normalized spacial score (nSPS) is 15.3. The summed E-state index contributed by atoms with van der Waals surface area (Å²) in [5.41, 5.74) is 2.86. The number of halogens is 2. The van der Waals surface area contributed by atoms with Crippen LogP contribution in [0.25, 0.3) is 0 Å². The summed E-state index contributed by atoms with van der Waals surface area (Å²) < 4.78 is 13.8. The predicted octanol–water partition coefficient (Wildman–Crippen LogP) is 3.29. The average molecular weight is 306 g/mol. The lowest BCUT2D eigenvalue weighted by Gasteiger charge is -2.38. The highest BCUT2D eigenvalue weighted by molar-refractivity contribution is 6.17. The van der Waals surface area contributed by atoms with E-state index >= 15 is 0 Å². The SMILES string of the molecule is Fc1ccccc1N1CCN(c2ccncc2CCl)CC1. The highest BCUT2D eigenvalue weighted by Gasteiger charge is 2.20. The maximum atomic E-state index is 13.8. The fourth-order valence-electron chi connectivity index (χ4n) is 2.73. The van der Waals surface area contributed by atoms with Crippen molar-refractivity contribution in [2.45, 2.75) is 5.88 Å². The van der Waals surface area contributed by atoms with E-state index in [2.05, 4.69) is 14.8 Å². The summed E-state index contributed by atoms with van der Waals surface area (Å²) in [7, 11) is 0. The number of para-hydroxylation sites is 1. The first-order valence-corrected chi connectivity index (χ1v) is 7.56. The molecule has 0 atom stereocenters. The van der Waals surface area contributed by atoms with Gasteiger partial charge in [0.05, 0.1) is 11.6 Å². The highest BCUT2D eigenvalue weighted by atomic mass is 35.5. The molecule has 1 saturated heterocycles. The molecule has 0 unspecified atom stereocenters. The Labute approximate surface area is 129 Å². The number of nitrogens with zero attached hydrogens (tertiary/aromatic N) is 3. The molecule has 1 aliphatic rings. The van der Waals surface area contributed by atoms with Crippen LogP contribution in [-0.4, -0.2) is 31.2 Å². The molecule has 21 heavy (non-hydrogen) atoms. The van der Waals surface area contributed by atoms with Crippen molar-refractivity contribution in [2.24, 2.45) is 0 Å². The fraction of sp³-hybridized carbons (Fsp3) is 0.312. The Kier molecular flexibility index (Phi) is 4.25. The van der Waals surface area contributed by atoms with Gasteiger partial charge in [-0.3, -0.25) is 4.98 Å². The topological polar surface area (TPSA) is 19.4 Å². The van der Waals surface area contributed by atoms with Gasteiger partial charge in [0.25, 0.3) is 0 Å². The van der Waals surface area contributed by atoms with Gasteiger partial charge in [0.15, 0.2) is 0 Å². The number of alkyl halides is 1. The molecule has 0 aliphatic carbocycles. The molecule has 5 heteroatoms. The minimum absolute atomic E-state index is 0.156. The number of benzene rings is 1. The van der Waals surface area contributed by atoms with E-state index in [1.807, 2.05) is 24.4 Å². The third kappa shape index (κ3) is 2.95. The standard InChI is InChI=1S/C16H17ClFN3/c17-11-13-12-19-6-5-15(13)20-7-9-21(10-8-20)16-4-2-1-3-14(16)18/h1-6,12H,7-11H2. The summed E-state index contributed by atoms with van der Waals surface area (Å²) in [5.74, 6) is 0.299. The number of anilines is 2. The number of hydrogen-bond acceptors (Lipinski definition) is 3. The van der Waals surface area contributed by atoms with Crippen LogP contribution >= 0.6 is 11.6 Å². The van der Waals surface area contributed by atoms with Gasteiger partial charge in [0.2, 0.25) is 0 Å². The lowest BCUT2D eigenvalue weighted by atomic mass is 10.2. The molecule has 1 aromatic heterocycles. The van der Waals surface area contributed by atoms with Crippen molar-refractivity contribution < 1.29 is 4.39 Å². The number of hydrogen-bond donors (Lipinski definition) is 0. The summed E-state index contributed by atoms with van der Waals surface area (Å²) in [6.07, 6.45) is 3.60. The maximum Gasteiger partial charge on any atom is 0.146 e. The van der Waals surface area contributed by atoms with Crippen molar-refractivity contribution in [1.82, 2.24) is 4.98 Å². The third-order valence-electron chi connectivity index (χ3n) is 3.84. The first kappa shape index (κ1) is 14.1. The average Bonchev–Trinajstić information content (AvgIpc) is 2.55. The minimum atomic E-state index is -0.156. The molecule has 110 valence electrons. The van der Waals surface area contributed by atoms with Crippen molar-refractivity contribution >= 4 is 23.0 Å². The van der Waals surface area contributed by atoms with Crippen LogP contribution in [0.1, 0.15) is 5.56 Å². The Bertz CT molecular complexity index is 612. The molecule has 3 rings (SSSR count). The molecular formula is C16H17ClFN3. The summed E-state index contributed by atoms with van der Waals surface area (Å²) in [6, 6.07) is 8.94. The van der Waals surface area contributed by atoms with Gasteiger partial charge in [0, 0.05) is 49.8 Å². The van der Waals surface area contributed by atoms with E-state index in [0.717, 1.165) is 37.4 Å². The van der Waals surface area contributed by atoms with Gasteiger partial charge in [-0.2, -0.15) is 0 Å². The summed E-state index contributed by atoms with van der Waals surface area (Å²) in [4.78, 5) is 8.49. The summed E-state index contributed by atoms with van der Waals surface area (Å²) in [6.45, 7) is 3.29. The lowest BCUT2D eigenvalue weighted by Crippen LogP contribution is -2.47. The van der Waals surface area contributed by atoms with E-state index < -0.39 is 0 Å². The molecule has 1 aromatic carbocycles. The number of rotatable bonds is 3. The molecule has 0 saturated carbocycles. The molecule has 1 aliphatic heterocycles. The van der Waals surface area contributed by atoms with Gasteiger partial charge < -0.3 is 9.80 Å². The van der Waals surface area contributed by atoms with E-state index in [-0.39, 0.29) is 5.82 Å². The quantitative estimate of drug-likeness (QED) is 0.811. The largest absolute Gasteiger partial charge is 0.368 e. The predicted molar refractivity (Wildman–Crippen MR) is 84.6 cm³/mol. The van der Waals surface area contributed by atoms with Crippen LogP contribution in [0.3, 0.4) is 0 Å². The molecule has 0 amide bonds. The molecule has 0 radical (unpaired) electrons. The van der Waals surface area contributed by atoms with Crippen LogP contribution in [0.5, 0.6) is 0 Å². The molecule has 2 aromatic rings. The van der Waals surface area contributed by atoms with Crippen LogP contribution in [-0.2, 0) is 5.88 Å². The zero-order valence-corrected chi connectivity index (χ0v) is 12.4. The third-order valence-corrected chi connectivity index (χ3v) is 4.12. The monoisotopic (exact) mass is 305 g/mol. The van der Waals surface area contributed by atoms with Gasteiger partial charge >= 0.3 is 0 Å². The summed E-state index contributed by atoms with van der Waals surface area (Å²) in [5, 5.41) is 0. The first-order valence-electron chi connectivity index (χ1n) is 7.03. The van der Waals surface area contributed by atoms with Crippen LogP contribution in [0.2, 0.25) is 0 Å². The van der Waals surface area contributed by atoms with E-state index in [1.165, 1.54) is 6.07 Å². The van der Waals surface area contributed by atoms with E-state index in [1.54, 1.807) is 12.3 Å². The molecule has 1 fully saturated rings. The molecular weight excluding hydrogens is 289 g/mol. The number of aromatic nitrogens is 1. The highest BCUT2D eigenvalue weighted by Crippen LogP contribution is 2.25. The maximum absolute atomic E-state index is 13.8. The van der Waals surface area contributed by atoms with Gasteiger partial charge in [-0.25, -0.2) is 4.39 Å². The molecule has 0 bridgehead atoms. The molecule has 0 N–H and O–H groups in total. The van der Waals surface area contributed by atoms with Crippen LogP contribution in [0, 0.1) is 5.82 Å². The minimum Gasteiger partial charge on any atom is -0.368 e. The van der Waals surface area contributed by atoms with Gasteiger partial charge in [-0.15, -0.1) is 11.6 Å². The Morgan fingerprint density at radius 1 is 1.00 bits per heavy atom. The molecule has 3 nitrogen and oxygen atoms in total. The fourth-order valence-corrected chi connectivity index (χ4v) is 2.93. The summed E-state index contributed by atoms with van der Waals surface area (Å²) >= 11 is 5.97. The van der Waals surface area contributed by atoms with E-state index in [4.69, 9.17) is 11.6 Å². The van der Waals surface area contributed by atoms with Gasteiger partial charge in [-0.05, 0) is 18.2 Å². The van der Waals surface area contributed by atoms with Crippen LogP contribution in [0.4, 0.5) is 15.8 Å². The second kappa shape index (κ2) is 6.31. The zero-order chi connectivity index (χ0) is 14.7. The van der Waals surface area contributed by atoms with Crippen molar-refractivity contribution in [3.8, 4) is 0 Å². The zero-order valence-electron chi connectivity index (χ0n) is 11.7. The second-order valence-electron chi connectivity index (χ2n) is 5.06. The number of pyridine rings is 1. The number of piperazine rings is 1. The molecule has 0 spiro atoms. The van der Waals surface area contributed by atoms with Crippen molar-refractivity contribution in [2.75, 3.05) is 36.0 Å². The van der Waals surface area contributed by atoms with Crippen molar-refractivity contribution in [3.63, 3.8) is 0 Å². The lowest BCUT2D eigenvalue weighted by molar-refractivity contribution is 0.597. The Morgan fingerprint density at radius 2 is 1.67 bits per heavy atom. The first-order chi connectivity index (χ1) is 10.3. The van der Waals surface area contributed by atoms with Crippen LogP contribution in [0.15, 0.2) is 42.7 Å². The second-order valence-corrected chi connectivity index (χ2v) is 5.33. The van der Waals surface area contributed by atoms with Crippen molar-refractivity contribution in [1.29, 1.82) is 0 Å². The van der Waals surface area contributed by atoms with Crippen LogP contribution < -0.4 is 9.80 Å². The molecule has 2 heterocycles. The van der Waals surface area contributed by atoms with E-state index in [9.17, 15) is 4.39 Å².